The number of rotatable bonds is 10. The van der Waals surface area contributed by atoms with Gasteiger partial charge in [0.2, 0.25) is 15.2 Å². The van der Waals surface area contributed by atoms with E-state index in [9.17, 15) is 0 Å². The first kappa shape index (κ1) is 25.3. The van der Waals surface area contributed by atoms with E-state index in [0.717, 1.165) is 44.8 Å². The van der Waals surface area contributed by atoms with Crippen molar-refractivity contribution in [2.45, 2.75) is 95.7 Å². The van der Waals surface area contributed by atoms with Crippen molar-refractivity contribution in [1.29, 1.82) is 0 Å². The molecule has 0 N–H and O–H groups in total. The van der Waals surface area contributed by atoms with Crippen molar-refractivity contribution in [2.24, 2.45) is 29.6 Å². The van der Waals surface area contributed by atoms with E-state index in [0.29, 0.717) is 0 Å². The van der Waals surface area contributed by atoms with E-state index >= 15 is 0 Å². The third kappa shape index (κ3) is 23.3. The van der Waals surface area contributed by atoms with Crippen LogP contribution in [0.5, 0.6) is 0 Å². The lowest BCUT2D eigenvalue weighted by molar-refractivity contribution is 0.659. The van der Waals surface area contributed by atoms with Crippen LogP contribution in [0.1, 0.15) is 69.2 Å². The first-order valence-electron chi connectivity index (χ1n) is 9.86. The van der Waals surface area contributed by atoms with E-state index in [1.807, 2.05) is 0 Å². The first-order valence-corrected chi connectivity index (χ1v) is 13.9. The molecule has 0 saturated heterocycles. The minimum absolute atomic E-state index is 0.407. The topological polar surface area (TPSA) is 0 Å². The minimum atomic E-state index is -0.407. The molecule has 0 aromatic heterocycles. The largest absolute Gasteiger partial charge is 0.262 e. The molecule has 0 bridgehead atoms. The van der Waals surface area contributed by atoms with Gasteiger partial charge in [-0.05, 0) is 0 Å². The van der Waals surface area contributed by atoms with Crippen LogP contribution in [0, 0.1) is 29.6 Å². The van der Waals surface area contributed by atoms with Crippen molar-refractivity contribution in [3.05, 3.63) is 0 Å². The Kier molecular flexibility index (Phi) is 17.9. The van der Waals surface area contributed by atoms with Crippen molar-refractivity contribution in [2.75, 3.05) is 0 Å². The Morgan fingerprint density at radius 3 is 0.955 bits per heavy atom. The van der Waals surface area contributed by atoms with Gasteiger partial charge in [0.1, 0.15) is 0 Å². The maximum atomic E-state index is 2.38. The average Bonchev–Trinajstić information content (AvgIpc) is 2.25. The summed E-state index contributed by atoms with van der Waals surface area (Å²) in [5.74, 6) is 4.63. The molecule has 22 heavy (non-hydrogen) atoms. The number of hydrogen-bond acceptors (Lipinski definition) is 0. The summed E-state index contributed by atoms with van der Waals surface area (Å²) < 4.78 is 0. The fraction of sp³-hybridized carbons (Fsp3) is 1.00. The Morgan fingerprint density at radius 2 is 0.773 bits per heavy atom. The van der Waals surface area contributed by atoms with Crippen LogP contribution in [-0.2, 0) is 0 Å². The van der Waals surface area contributed by atoms with Gasteiger partial charge >= 0.3 is 0 Å². The molecule has 131 valence electrons. The van der Waals surface area contributed by atoms with E-state index in [1.165, 1.54) is 10.6 Å². The van der Waals surface area contributed by atoms with Crippen LogP contribution in [0.25, 0.3) is 0 Å². The van der Waals surface area contributed by atoms with Gasteiger partial charge in [0.05, 0.1) is 0 Å². The van der Waals surface area contributed by atoms with Gasteiger partial charge in [0.15, 0.2) is 0 Å². The van der Waals surface area contributed by atoms with E-state index in [2.05, 4.69) is 69.2 Å². The fourth-order valence-corrected chi connectivity index (χ4v) is 9.15. The summed E-state index contributed by atoms with van der Waals surface area (Å²) in [4.78, 5) is 0. The predicted molar refractivity (Wildman–Crippen MR) is 110 cm³/mol. The molecule has 0 amide bonds. The summed E-state index contributed by atoms with van der Waals surface area (Å²) in [5.41, 5.74) is 0. The van der Waals surface area contributed by atoms with E-state index < -0.39 is 14.1 Å². The molecular weight excluding hydrogens is 294 g/mol. The highest BCUT2D eigenvalue weighted by Gasteiger charge is 2.20. The van der Waals surface area contributed by atoms with E-state index in [-0.39, 0.29) is 0 Å². The smallest absolute Gasteiger partial charge is 0.102 e. The molecule has 0 heterocycles. The Balaban J connectivity index is 0. The summed E-state index contributed by atoms with van der Waals surface area (Å²) in [6, 6.07) is 0. The van der Waals surface area contributed by atoms with Gasteiger partial charge in [-0.1, -0.05) is 115 Å². The normalized spacial score (nSPS) is 11.4. The molecule has 0 atom stereocenters. The zero-order valence-electron chi connectivity index (χ0n) is 17.6. The lowest BCUT2D eigenvalue weighted by Gasteiger charge is -2.17. The second-order valence-corrected chi connectivity index (χ2v) is 14.0. The molecule has 0 nitrogen and oxygen atoms in total. The molecule has 0 unspecified atom stereocenters. The highest BCUT2D eigenvalue weighted by Crippen LogP contribution is 2.21. The monoisotopic (exact) mass is 339 g/mol. The quantitative estimate of drug-likeness (QED) is 0.367. The molecule has 1 radical (unpaired) electrons. The first-order chi connectivity index (χ1) is 10.0. The van der Waals surface area contributed by atoms with Gasteiger partial charge in [-0.2, -0.15) is 0 Å². The fourth-order valence-electron chi connectivity index (χ4n) is 3.05. The molecule has 0 aromatic carbocycles. The lowest BCUT2D eigenvalue weighted by atomic mass is 10.2. The van der Waals surface area contributed by atoms with Gasteiger partial charge in [-0.3, -0.25) is 0 Å². The van der Waals surface area contributed by atoms with Crippen molar-refractivity contribution >= 4 is 29.4 Å². The summed E-state index contributed by atoms with van der Waals surface area (Å²) >= 11 is 0.347. The van der Waals surface area contributed by atoms with E-state index in [4.69, 9.17) is 0 Å². The second-order valence-electron chi connectivity index (χ2n) is 9.30. The summed E-state index contributed by atoms with van der Waals surface area (Å²) in [6.07, 6.45) is 0. The SMILES string of the molecule is CC(C)[CH2][Al]([CH2]C(C)C)[CH2]C(C)C.CC(C)[CH2][Al][CH2]C(C)C. The molecule has 0 spiro atoms. The Bertz CT molecular complexity index is 188. The van der Waals surface area contributed by atoms with Gasteiger partial charge in [-0.15, -0.1) is 10.6 Å². The Hall–Kier alpha value is 1.06. The maximum absolute atomic E-state index is 2.38. The summed E-state index contributed by atoms with van der Waals surface area (Å²) in [7, 11) is 0. The molecule has 2 heteroatoms. The van der Waals surface area contributed by atoms with Crippen LogP contribution in [0.4, 0.5) is 0 Å². The molecule has 0 saturated carbocycles. The third-order valence-electron chi connectivity index (χ3n) is 3.69. The van der Waals surface area contributed by atoms with Crippen LogP contribution >= 0.6 is 0 Å². The van der Waals surface area contributed by atoms with Crippen LogP contribution < -0.4 is 0 Å². The minimum Gasteiger partial charge on any atom is -0.102 e. The Morgan fingerprint density at radius 1 is 0.500 bits per heavy atom. The van der Waals surface area contributed by atoms with Crippen molar-refractivity contribution < 1.29 is 0 Å². The zero-order chi connectivity index (χ0) is 17.7. The lowest BCUT2D eigenvalue weighted by Crippen LogP contribution is -2.19. The molecule has 0 aliphatic heterocycles. The highest BCUT2D eigenvalue weighted by molar-refractivity contribution is 6.58. The standard InChI is InChI=1S/5C4H9.2Al/c5*1-4(2)3;;/h5*4H,1H2,2-3H3;;. The molecule has 0 rings (SSSR count). The van der Waals surface area contributed by atoms with Crippen molar-refractivity contribution in [3.63, 3.8) is 0 Å². The third-order valence-corrected chi connectivity index (χ3v) is 11.1. The van der Waals surface area contributed by atoms with Gasteiger partial charge < -0.3 is 0 Å². The predicted octanol–water partition coefficient (Wildman–Crippen LogP) is 7.29. The molecule has 0 aromatic rings. The average molecular weight is 340 g/mol. The van der Waals surface area contributed by atoms with Gasteiger partial charge in [-0.25, -0.2) is 0 Å². The van der Waals surface area contributed by atoms with Crippen molar-refractivity contribution in [1.82, 2.24) is 0 Å². The summed E-state index contributed by atoms with van der Waals surface area (Å²) in [6.45, 7) is 23.5. The molecular formula is C20H45Al2. The summed E-state index contributed by atoms with van der Waals surface area (Å²) in [5, 5.41) is 7.62. The second kappa shape index (κ2) is 15.6. The molecule has 0 fully saturated rings. The zero-order valence-corrected chi connectivity index (χ0v) is 19.9. The van der Waals surface area contributed by atoms with Crippen LogP contribution in [0.2, 0.25) is 26.4 Å². The van der Waals surface area contributed by atoms with Crippen molar-refractivity contribution in [3.8, 4) is 0 Å². The van der Waals surface area contributed by atoms with Crippen LogP contribution in [0.3, 0.4) is 0 Å². The highest BCUT2D eigenvalue weighted by atomic mass is 27.2. The molecule has 0 aliphatic carbocycles. The Labute approximate surface area is 154 Å². The van der Waals surface area contributed by atoms with Crippen LogP contribution in [-0.4, -0.2) is 29.4 Å². The maximum Gasteiger partial charge on any atom is 0.262 e. The number of hydrogen-bond donors (Lipinski definition) is 0. The molecule has 0 aliphatic rings. The van der Waals surface area contributed by atoms with Gasteiger partial charge in [0.25, 0.3) is 14.1 Å². The van der Waals surface area contributed by atoms with E-state index in [1.54, 1.807) is 15.8 Å². The van der Waals surface area contributed by atoms with Crippen LogP contribution in [0.15, 0.2) is 0 Å². The van der Waals surface area contributed by atoms with Gasteiger partial charge in [0, 0.05) is 0 Å².